The topological polar surface area (TPSA) is 13.1 Å². The molecule has 0 bridgehead atoms. The van der Waals surface area contributed by atoms with E-state index in [2.05, 4.69) is 159 Å². The fourth-order valence-corrected chi connectivity index (χ4v) is 9.03. The lowest BCUT2D eigenvalue weighted by atomic mass is 9.80. The van der Waals surface area contributed by atoms with E-state index in [-0.39, 0.29) is 5.41 Å². The van der Waals surface area contributed by atoms with E-state index < -0.39 is 0 Å². The zero-order valence-corrected chi connectivity index (χ0v) is 27.9. The van der Waals surface area contributed by atoms with Gasteiger partial charge in [-0.25, -0.2) is 0 Å². The summed E-state index contributed by atoms with van der Waals surface area (Å²) in [5.41, 5.74) is 12.2. The third kappa shape index (κ3) is 3.72. The van der Waals surface area contributed by atoms with Crippen LogP contribution >= 0.6 is 0 Å². The summed E-state index contributed by atoms with van der Waals surface area (Å²) in [6.07, 6.45) is 0. The van der Waals surface area contributed by atoms with Gasteiger partial charge in [0.25, 0.3) is 0 Å². The van der Waals surface area contributed by atoms with E-state index >= 15 is 0 Å². The van der Waals surface area contributed by atoms with Crippen LogP contribution in [0.15, 0.2) is 162 Å². The molecule has 1 heteroatoms. The van der Waals surface area contributed by atoms with Gasteiger partial charge in [-0.05, 0) is 118 Å². The van der Waals surface area contributed by atoms with Crippen molar-refractivity contribution in [3.8, 4) is 33.4 Å². The van der Waals surface area contributed by atoms with Crippen molar-refractivity contribution in [1.29, 1.82) is 0 Å². The first-order valence-corrected chi connectivity index (χ1v) is 17.5. The minimum absolute atomic E-state index is 0.146. The molecule has 9 aromatic carbocycles. The summed E-state index contributed by atoms with van der Waals surface area (Å²) in [5.74, 6) is 0. The predicted octanol–water partition coefficient (Wildman–Crippen LogP) is 13.8. The van der Waals surface area contributed by atoms with Gasteiger partial charge in [0.05, 0.1) is 0 Å². The number of rotatable bonds is 2. The summed E-state index contributed by atoms with van der Waals surface area (Å²) in [6.45, 7) is 4.79. The van der Waals surface area contributed by atoms with Crippen molar-refractivity contribution in [3.05, 3.63) is 169 Å². The van der Waals surface area contributed by atoms with Gasteiger partial charge in [0.2, 0.25) is 0 Å². The Morgan fingerprint density at radius 3 is 1.96 bits per heavy atom. The van der Waals surface area contributed by atoms with Gasteiger partial charge in [-0.3, -0.25) is 0 Å². The van der Waals surface area contributed by atoms with Crippen LogP contribution < -0.4 is 0 Å². The van der Waals surface area contributed by atoms with E-state index in [1.165, 1.54) is 87.6 Å². The molecular formula is C49H32O. The monoisotopic (exact) mass is 636 g/mol. The Morgan fingerprint density at radius 2 is 1.06 bits per heavy atom. The fourth-order valence-electron chi connectivity index (χ4n) is 9.03. The standard InChI is InChI=1S/C49H32O/c1-49(2)43-24-23-36-34(31-20-25-46-42(27-31)37-14-7-8-17-45(37)50-46)15-9-16-38(36)48(43)40-22-19-32(28-44(40)49)47-35-13-6-4-11-30(35)26-41-33-12-5-3-10-29(33)18-21-39(41)47/h3-28H,1-2H3. The van der Waals surface area contributed by atoms with Crippen LogP contribution in [0, 0.1) is 0 Å². The van der Waals surface area contributed by atoms with Crippen LogP contribution in [0.4, 0.5) is 0 Å². The normalized spacial score (nSPS) is 13.6. The Labute approximate surface area is 290 Å². The Balaban J connectivity index is 1.13. The molecule has 1 aliphatic rings. The predicted molar refractivity (Wildman–Crippen MR) is 212 cm³/mol. The molecule has 0 saturated heterocycles. The van der Waals surface area contributed by atoms with Crippen LogP contribution in [0.1, 0.15) is 25.0 Å². The van der Waals surface area contributed by atoms with Crippen LogP contribution in [-0.4, -0.2) is 0 Å². The van der Waals surface area contributed by atoms with Gasteiger partial charge in [-0.15, -0.1) is 0 Å². The highest BCUT2D eigenvalue weighted by atomic mass is 16.3. The van der Waals surface area contributed by atoms with Crippen LogP contribution in [0.25, 0.3) is 98.4 Å². The maximum Gasteiger partial charge on any atom is 0.135 e. The minimum Gasteiger partial charge on any atom is -0.456 e. The zero-order valence-electron chi connectivity index (χ0n) is 27.9. The molecule has 1 nitrogen and oxygen atoms in total. The molecule has 0 amide bonds. The van der Waals surface area contributed by atoms with Crippen molar-refractivity contribution in [3.63, 3.8) is 0 Å². The average Bonchev–Trinajstić information content (AvgIpc) is 3.64. The Bertz CT molecular complexity index is 3060. The lowest BCUT2D eigenvalue weighted by molar-refractivity contribution is 0.661. The number of furan rings is 1. The molecule has 10 aromatic rings. The van der Waals surface area contributed by atoms with Crippen molar-refractivity contribution in [2.45, 2.75) is 19.3 Å². The maximum atomic E-state index is 6.16. The summed E-state index contributed by atoms with van der Waals surface area (Å²) < 4.78 is 6.16. The van der Waals surface area contributed by atoms with Crippen LogP contribution in [0.3, 0.4) is 0 Å². The number of fused-ring (bicyclic) bond motifs is 12. The molecule has 1 heterocycles. The maximum absolute atomic E-state index is 6.16. The average molecular weight is 637 g/mol. The van der Waals surface area contributed by atoms with Crippen LogP contribution in [0.2, 0.25) is 0 Å². The van der Waals surface area contributed by atoms with Crippen LogP contribution in [-0.2, 0) is 5.41 Å². The minimum atomic E-state index is -0.146. The zero-order chi connectivity index (χ0) is 33.1. The second-order valence-corrected chi connectivity index (χ2v) is 14.4. The lowest BCUT2D eigenvalue weighted by Gasteiger charge is -2.23. The van der Waals surface area contributed by atoms with Crippen molar-refractivity contribution in [2.75, 3.05) is 0 Å². The molecule has 11 rings (SSSR count). The molecule has 0 fully saturated rings. The first-order chi connectivity index (χ1) is 24.5. The van der Waals surface area contributed by atoms with Gasteiger partial charge in [-0.2, -0.15) is 0 Å². The van der Waals surface area contributed by atoms with Gasteiger partial charge in [0.15, 0.2) is 0 Å². The summed E-state index contributed by atoms with van der Waals surface area (Å²) in [7, 11) is 0. The quantitative estimate of drug-likeness (QED) is 0.136. The number of benzene rings is 9. The fraction of sp³-hybridized carbons (Fsp3) is 0.0612. The molecular weight excluding hydrogens is 605 g/mol. The van der Waals surface area contributed by atoms with E-state index in [9.17, 15) is 0 Å². The molecule has 0 radical (unpaired) electrons. The molecule has 0 N–H and O–H groups in total. The Morgan fingerprint density at radius 1 is 0.360 bits per heavy atom. The summed E-state index contributed by atoms with van der Waals surface area (Å²) in [5, 5.41) is 12.6. The summed E-state index contributed by atoms with van der Waals surface area (Å²) in [4.78, 5) is 0. The van der Waals surface area contributed by atoms with E-state index in [0.29, 0.717) is 0 Å². The SMILES string of the molecule is CC1(C)c2cc(-c3c4ccccc4cc4c3ccc3ccccc34)ccc2-c2c1ccc1c(-c3ccc4oc5ccccc5c4c3)cccc21. The molecule has 50 heavy (non-hydrogen) atoms. The van der Waals surface area contributed by atoms with Gasteiger partial charge in [0, 0.05) is 16.2 Å². The lowest BCUT2D eigenvalue weighted by Crippen LogP contribution is -2.15. The molecule has 0 unspecified atom stereocenters. The van der Waals surface area contributed by atoms with Gasteiger partial charge < -0.3 is 4.42 Å². The number of para-hydroxylation sites is 1. The smallest absolute Gasteiger partial charge is 0.135 e. The molecule has 234 valence electrons. The van der Waals surface area contributed by atoms with E-state index in [1.54, 1.807) is 0 Å². The second-order valence-electron chi connectivity index (χ2n) is 14.4. The highest BCUT2D eigenvalue weighted by Gasteiger charge is 2.37. The molecule has 0 spiro atoms. The van der Waals surface area contributed by atoms with Crippen molar-refractivity contribution < 1.29 is 4.42 Å². The third-order valence-electron chi connectivity index (χ3n) is 11.4. The van der Waals surface area contributed by atoms with E-state index in [1.807, 2.05) is 12.1 Å². The van der Waals surface area contributed by atoms with Gasteiger partial charge >= 0.3 is 0 Å². The number of hydrogen-bond donors (Lipinski definition) is 0. The Kier molecular flexibility index (Phi) is 5.51. The summed E-state index contributed by atoms with van der Waals surface area (Å²) in [6, 6.07) is 58.3. The first kappa shape index (κ1) is 27.7. The molecule has 0 saturated carbocycles. The van der Waals surface area contributed by atoms with Gasteiger partial charge in [0.1, 0.15) is 11.2 Å². The molecule has 1 aliphatic carbocycles. The van der Waals surface area contributed by atoms with Crippen LogP contribution in [0.5, 0.6) is 0 Å². The highest BCUT2D eigenvalue weighted by molar-refractivity contribution is 6.20. The highest BCUT2D eigenvalue weighted by Crippen LogP contribution is 2.53. The second kappa shape index (κ2) is 9.94. The van der Waals surface area contributed by atoms with E-state index in [0.717, 1.165) is 21.9 Å². The van der Waals surface area contributed by atoms with Gasteiger partial charge in [-0.1, -0.05) is 141 Å². The van der Waals surface area contributed by atoms with Crippen molar-refractivity contribution >= 4 is 65.0 Å². The molecule has 0 aliphatic heterocycles. The number of hydrogen-bond acceptors (Lipinski definition) is 1. The first-order valence-electron chi connectivity index (χ1n) is 17.5. The Hall–Kier alpha value is -6.18. The van der Waals surface area contributed by atoms with Crippen molar-refractivity contribution in [2.24, 2.45) is 0 Å². The molecule has 0 atom stereocenters. The summed E-state index contributed by atoms with van der Waals surface area (Å²) >= 11 is 0. The largest absolute Gasteiger partial charge is 0.456 e. The third-order valence-corrected chi connectivity index (χ3v) is 11.4. The van der Waals surface area contributed by atoms with E-state index in [4.69, 9.17) is 4.42 Å². The van der Waals surface area contributed by atoms with Crippen molar-refractivity contribution in [1.82, 2.24) is 0 Å². The molecule has 1 aromatic heterocycles.